The second-order valence-electron chi connectivity index (χ2n) is 5.95. The molecular formula is C15H27N3O2. The van der Waals surface area contributed by atoms with Crippen LogP contribution >= 0.6 is 0 Å². The Balaban J connectivity index is 1.66. The van der Waals surface area contributed by atoms with Gasteiger partial charge in [0.25, 0.3) is 0 Å². The topological polar surface area (TPSA) is 43.9 Å². The first-order valence-corrected chi connectivity index (χ1v) is 7.89. The van der Waals surface area contributed by atoms with Gasteiger partial charge in [-0.2, -0.15) is 0 Å². The number of likely N-dealkylation sites (tertiary alicyclic amines) is 1. The largest absolute Gasteiger partial charge is 0.343 e. The standard InChI is InChI=1S/C15H27N3O2/c1-2-15(20)18-5-3-14(4-6-18)13-17-9-7-16(8-10-17)11-12-19/h12,14H,2-11,13H2,1H3. The average molecular weight is 281 g/mol. The molecule has 0 aromatic carbocycles. The van der Waals surface area contributed by atoms with Gasteiger partial charge in [0.05, 0.1) is 6.54 Å². The maximum absolute atomic E-state index is 11.6. The average Bonchev–Trinajstić information content (AvgIpc) is 2.49. The van der Waals surface area contributed by atoms with Crippen molar-refractivity contribution in [2.45, 2.75) is 26.2 Å². The molecule has 1 amide bonds. The van der Waals surface area contributed by atoms with Crippen LogP contribution in [0.5, 0.6) is 0 Å². The van der Waals surface area contributed by atoms with E-state index in [1.165, 1.54) is 0 Å². The van der Waals surface area contributed by atoms with Crippen LogP contribution < -0.4 is 0 Å². The quantitative estimate of drug-likeness (QED) is 0.686. The van der Waals surface area contributed by atoms with Gasteiger partial charge in [-0.05, 0) is 18.8 Å². The summed E-state index contributed by atoms with van der Waals surface area (Å²) in [5, 5.41) is 0. The zero-order chi connectivity index (χ0) is 14.4. The Hall–Kier alpha value is -0.940. The highest BCUT2D eigenvalue weighted by molar-refractivity contribution is 5.75. The van der Waals surface area contributed by atoms with Gasteiger partial charge in [-0.15, -0.1) is 0 Å². The van der Waals surface area contributed by atoms with Gasteiger partial charge < -0.3 is 14.6 Å². The molecule has 114 valence electrons. The fraction of sp³-hybridized carbons (Fsp3) is 0.867. The van der Waals surface area contributed by atoms with Gasteiger partial charge >= 0.3 is 0 Å². The molecule has 20 heavy (non-hydrogen) atoms. The number of nitrogens with zero attached hydrogens (tertiary/aromatic N) is 3. The van der Waals surface area contributed by atoms with Crippen LogP contribution in [-0.2, 0) is 9.59 Å². The third-order valence-corrected chi connectivity index (χ3v) is 4.58. The predicted molar refractivity (Wildman–Crippen MR) is 78.5 cm³/mol. The van der Waals surface area contributed by atoms with E-state index < -0.39 is 0 Å². The van der Waals surface area contributed by atoms with Gasteiger partial charge in [-0.1, -0.05) is 6.92 Å². The summed E-state index contributed by atoms with van der Waals surface area (Å²) in [6.45, 7) is 9.69. The molecular weight excluding hydrogens is 254 g/mol. The van der Waals surface area contributed by atoms with E-state index in [0.717, 1.165) is 70.9 Å². The highest BCUT2D eigenvalue weighted by Crippen LogP contribution is 2.19. The van der Waals surface area contributed by atoms with Crippen molar-refractivity contribution in [2.75, 3.05) is 52.4 Å². The second kappa shape index (κ2) is 7.74. The lowest BCUT2D eigenvalue weighted by atomic mass is 9.95. The number of aldehydes is 1. The Morgan fingerprint density at radius 2 is 1.65 bits per heavy atom. The van der Waals surface area contributed by atoms with Crippen molar-refractivity contribution in [3.8, 4) is 0 Å². The Bertz CT molecular complexity index is 319. The molecule has 0 aromatic rings. The van der Waals surface area contributed by atoms with Crippen LogP contribution in [0.3, 0.4) is 0 Å². The van der Waals surface area contributed by atoms with E-state index in [1.54, 1.807) is 0 Å². The highest BCUT2D eigenvalue weighted by atomic mass is 16.2. The normalized spacial score (nSPS) is 22.9. The Morgan fingerprint density at radius 3 is 2.20 bits per heavy atom. The van der Waals surface area contributed by atoms with Crippen LogP contribution in [0.4, 0.5) is 0 Å². The molecule has 5 nitrogen and oxygen atoms in total. The number of hydrogen-bond acceptors (Lipinski definition) is 4. The molecule has 0 N–H and O–H groups in total. The monoisotopic (exact) mass is 281 g/mol. The Labute approximate surface area is 121 Å². The van der Waals surface area contributed by atoms with E-state index in [2.05, 4.69) is 9.80 Å². The van der Waals surface area contributed by atoms with Crippen molar-refractivity contribution in [3.63, 3.8) is 0 Å². The zero-order valence-corrected chi connectivity index (χ0v) is 12.6. The van der Waals surface area contributed by atoms with Crippen molar-refractivity contribution in [3.05, 3.63) is 0 Å². The summed E-state index contributed by atoms with van der Waals surface area (Å²) in [6, 6.07) is 0. The van der Waals surface area contributed by atoms with E-state index in [0.29, 0.717) is 18.9 Å². The van der Waals surface area contributed by atoms with E-state index in [4.69, 9.17) is 0 Å². The zero-order valence-electron chi connectivity index (χ0n) is 12.6. The Kier molecular flexibility index (Phi) is 5.98. The molecule has 0 aliphatic carbocycles. The highest BCUT2D eigenvalue weighted by Gasteiger charge is 2.25. The fourth-order valence-electron chi connectivity index (χ4n) is 3.21. The second-order valence-corrected chi connectivity index (χ2v) is 5.95. The molecule has 0 spiro atoms. The van der Waals surface area contributed by atoms with Gasteiger partial charge in [-0.3, -0.25) is 9.69 Å². The van der Waals surface area contributed by atoms with E-state index in [1.807, 2.05) is 11.8 Å². The van der Waals surface area contributed by atoms with Crippen molar-refractivity contribution in [2.24, 2.45) is 5.92 Å². The maximum atomic E-state index is 11.6. The molecule has 2 fully saturated rings. The number of hydrogen-bond donors (Lipinski definition) is 0. The summed E-state index contributed by atoms with van der Waals surface area (Å²) in [5.74, 6) is 1.03. The molecule has 2 aliphatic rings. The molecule has 5 heteroatoms. The van der Waals surface area contributed by atoms with Crippen LogP contribution in [0.2, 0.25) is 0 Å². The van der Waals surface area contributed by atoms with Gasteiger partial charge in [0.2, 0.25) is 5.91 Å². The molecule has 0 bridgehead atoms. The maximum Gasteiger partial charge on any atom is 0.222 e. The molecule has 0 saturated carbocycles. The molecule has 2 saturated heterocycles. The third kappa shape index (κ3) is 4.28. The number of rotatable bonds is 5. The minimum atomic E-state index is 0.297. The fourth-order valence-corrected chi connectivity index (χ4v) is 3.21. The van der Waals surface area contributed by atoms with Crippen molar-refractivity contribution < 1.29 is 9.59 Å². The van der Waals surface area contributed by atoms with Crippen LogP contribution in [0.15, 0.2) is 0 Å². The first-order valence-electron chi connectivity index (χ1n) is 7.89. The predicted octanol–water partition coefficient (Wildman–Crippen LogP) is 0.452. The van der Waals surface area contributed by atoms with Gasteiger partial charge in [-0.25, -0.2) is 0 Å². The number of carbonyl (C=O) groups excluding carboxylic acids is 2. The molecule has 0 aromatic heterocycles. The van der Waals surface area contributed by atoms with Gasteiger partial charge in [0.1, 0.15) is 6.29 Å². The summed E-state index contributed by atoms with van der Waals surface area (Å²) in [4.78, 5) is 28.9. The minimum Gasteiger partial charge on any atom is -0.343 e. The summed E-state index contributed by atoms with van der Waals surface area (Å²) in [7, 11) is 0. The van der Waals surface area contributed by atoms with Crippen molar-refractivity contribution in [1.82, 2.24) is 14.7 Å². The van der Waals surface area contributed by atoms with Gasteiger partial charge in [0.15, 0.2) is 0 Å². The third-order valence-electron chi connectivity index (χ3n) is 4.58. The summed E-state index contributed by atoms with van der Waals surface area (Å²) < 4.78 is 0. The van der Waals surface area contributed by atoms with Crippen LogP contribution in [0.25, 0.3) is 0 Å². The van der Waals surface area contributed by atoms with Crippen LogP contribution in [0.1, 0.15) is 26.2 Å². The minimum absolute atomic E-state index is 0.297. The van der Waals surface area contributed by atoms with E-state index >= 15 is 0 Å². The number of amides is 1. The number of piperazine rings is 1. The molecule has 2 heterocycles. The SMILES string of the molecule is CCC(=O)N1CCC(CN2CCN(CC=O)CC2)CC1. The van der Waals surface area contributed by atoms with Gasteiger partial charge in [0, 0.05) is 52.2 Å². The molecule has 0 unspecified atom stereocenters. The molecule has 0 radical (unpaired) electrons. The smallest absolute Gasteiger partial charge is 0.222 e. The number of carbonyl (C=O) groups is 2. The first kappa shape index (κ1) is 15.4. The summed E-state index contributed by atoms with van der Waals surface area (Å²) in [6.07, 6.45) is 3.90. The summed E-state index contributed by atoms with van der Waals surface area (Å²) in [5.41, 5.74) is 0. The van der Waals surface area contributed by atoms with E-state index in [-0.39, 0.29) is 0 Å². The lowest BCUT2D eigenvalue weighted by molar-refractivity contribution is -0.132. The summed E-state index contributed by atoms with van der Waals surface area (Å²) >= 11 is 0. The van der Waals surface area contributed by atoms with Crippen molar-refractivity contribution >= 4 is 12.2 Å². The lowest BCUT2D eigenvalue weighted by Gasteiger charge is -2.38. The van der Waals surface area contributed by atoms with Crippen molar-refractivity contribution in [1.29, 1.82) is 0 Å². The number of piperidine rings is 1. The van der Waals surface area contributed by atoms with Crippen LogP contribution in [0, 0.1) is 5.92 Å². The first-order chi connectivity index (χ1) is 9.72. The molecule has 0 atom stereocenters. The van der Waals surface area contributed by atoms with E-state index in [9.17, 15) is 9.59 Å². The lowest BCUT2D eigenvalue weighted by Crippen LogP contribution is -2.49. The molecule has 2 aliphatic heterocycles. The Morgan fingerprint density at radius 1 is 1.05 bits per heavy atom. The molecule has 2 rings (SSSR count). The van der Waals surface area contributed by atoms with Crippen LogP contribution in [-0.4, -0.2) is 79.3 Å².